The zero-order valence-electron chi connectivity index (χ0n) is 9.87. The van der Waals surface area contributed by atoms with Gasteiger partial charge in [-0.25, -0.2) is 0 Å². The van der Waals surface area contributed by atoms with Crippen LogP contribution in [-0.2, 0) is 6.18 Å². The van der Waals surface area contributed by atoms with E-state index in [1.807, 2.05) is 0 Å². The highest BCUT2D eigenvalue weighted by Crippen LogP contribution is 2.33. The van der Waals surface area contributed by atoms with Crippen molar-refractivity contribution >= 4 is 0 Å². The highest BCUT2D eigenvalue weighted by atomic mass is 19.4. The molecule has 0 saturated carbocycles. The normalized spacial score (nSPS) is 22.8. The topological polar surface area (TPSA) is 32.3 Å². The Morgan fingerprint density at radius 3 is 2.72 bits per heavy atom. The first-order chi connectivity index (χ1) is 8.48. The molecule has 1 aliphatic rings. The zero-order chi connectivity index (χ0) is 13.2. The van der Waals surface area contributed by atoms with E-state index < -0.39 is 17.8 Å². The first kappa shape index (κ1) is 13.4. The molecule has 0 radical (unpaired) electrons. The van der Waals surface area contributed by atoms with E-state index in [0.717, 1.165) is 31.5 Å². The Kier molecular flexibility index (Phi) is 3.92. The molecule has 1 aliphatic heterocycles. The minimum absolute atomic E-state index is 0.0118. The van der Waals surface area contributed by atoms with Gasteiger partial charge >= 0.3 is 6.18 Å². The molecule has 1 aromatic carbocycles. The average molecular weight is 259 g/mol. The van der Waals surface area contributed by atoms with Gasteiger partial charge in [-0.1, -0.05) is 12.1 Å². The highest BCUT2D eigenvalue weighted by Gasteiger charge is 2.31. The van der Waals surface area contributed by atoms with E-state index in [0.29, 0.717) is 12.1 Å². The number of benzene rings is 1. The van der Waals surface area contributed by atoms with Crippen LogP contribution in [0.4, 0.5) is 13.2 Å². The number of aliphatic hydroxyl groups is 1. The first-order valence-corrected chi connectivity index (χ1v) is 6.04. The zero-order valence-corrected chi connectivity index (χ0v) is 9.87. The summed E-state index contributed by atoms with van der Waals surface area (Å²) in [6, 6.07) is 4.96. The molecule has 0 unspecified atom stereocenters. The number of piperidine rings is 1. The smallest absolute Gasteiger partial charge is 0.388 e. The van der Waals surface area contributed by atoms with Gasteiger partial charge in [0.15, 0.2) is 0 Å². The Bertz CT molecular complexity index is 399. The minimum Gasteiger partial charge on any atom is -0.388 e. The molecule has 2 rings (SSSR count). The monoisotopic (exact) mass is 259 g/mol. The van der Waals surface area contributed by atoms with Crippen molar-refractivity contribution in [3.05, 3.63) is 35.4 Å². The first-order valence-electron chi connectivity index (χ1n) is 6.04. The SMILES string of the molecule is O[C@H](c1cccc(C(F)(F)F)c1)[C@H]1CCCNC1. The van der Waals surface area contributed by atoms with Crippen LogP contribution in [0.1, 0.15) is 30.1 Å². The van der Waals surface area contributed by atoms with Crippen LogP contribution in [0.3, 0.4) is 0 Å². The molecule has 5 heteroatoms. The van der Waals surface area contributed by atoms with E-state index in [2.05, 4.69) is 5.32 Å². The molecule has 18 heavy (non-hydrogen) atoms. The lowest BCUT2D eigenvalue weighted by Gasteiger charge is -2.27. The van der Waals surface area contributed by atoms with Crippen LogP contribution in [0, 0.1) is 5.92 Å². The van der Waals surface area contributed by atoms with Gasteiger partial charge in [-0.15, -0.1) is 0 Å². The Labute approximate surface area is 104 Å². The van der Waals surface area contributed by atoms with E-state index in [-0.39, 0.29) is 5.92 Å². The summed E-state index contributed by atoms with van der Waals surface area (Å²) in [4.78, 5) is 0. The molecule has 2 N–H and O–H groups in total. The van der Waals surface area contributed by atoms with Gasteiger partial charge in [0.25, 0.3) is 0 Å². The van der Waals surface area contributed by atoms with Gasteiger partial charge in [-0.2, -0.15) is 13.2 Å². The van der Waals surface area contributed by atoms with Crippen LogP contribution < -0.4 is 5.32 Å². The summed E-state index contributed by atoms with van der Waals surface area (Å²) in [5, 5.41) is 13.3. The van der Waals surface area contributed by atoms with E-state index >= 15 is 0 Å². The van der Waals surface area contributed by atoms with Crippen LogP contribution in [0.5, 0.6) is 0 Å². The van der Waals surface area contributed by atoms with Crippen molar-refractivity contribution in [1.29, 1.82) is 0 Å². The summed E-state index contributed by atoms with van der Waals surface area (Å²) in [6.45, 7) is 1.56. The summed E-state index contributed by atoms with van der Waals surface area (Å²) in [7, 11) is 0. The second-order valence-corrected chi connectivity index (χ2v) is 4.67. The van der Waals surface area contributed by atoms with Crippen LogP contribution >= 0.6 is 0 Å². The number of halogens is 3. The maximum atomic E-state index is 12.6. The van der Waals surface area contributed by atoms with Crippen molar-refractivity contribution in [1.82, 2.24) is 5.32 Å². The van der Waals surface area contributed by atoms with Gasteiger partial charge in [0, 0.05) is 12.5 Å². The summed E-state index contributed by atoms with van der Waals surface area (Å²) < 4.78 is 37.7. The number of alkyl halides is 3. The maximum absolute atomic E-state index is 12.6. The van der Waals surface area contributed by atoms with Crippen LogP contribution in [0.2, 0.25) is 0 Å². The minimum atomic E-state index is -4.36. The molecule has 100 valence electrons. The predicted molar refractivity (Wildman–Crippen MR) is 62.0 cm³/mol. The molecule has 2 atom stereocenters. The molecule has 1 fully saturated rings. The fourth-order valence-corrected chi connectivity index (χ4v) is 2.32. The maximum Gasteiger partial charge on any atom is 0.416 e. The summed E-state index contributed by atoms with van der Waals surface area (Å²) in [6.07, 6.45) is -3.41. The van der Waals surface area contributed by atoms with Crippen molar-refractivity contribution in [3.63, 3.8) is 0 Å². The lowest BCUT2D eigenvalue weighted by Crippen LogP contribution is -2.33. The molecular formula is C13H16F3NO. The third-order valence-electron chi connectivity index (χ3n) is 3.34. The molecule has 1 heterocycles. The summed E-state index contributed by atoms with van der Waals surface area (Å²) in [5.74, 6) is -0.0118. The quantitative estimate of drug-likeness (QED) is 0.856. The Hall–Kier alpha value is -1.07. The van der Waals surface area contributed by atoms with Crippen molar-refractivity contribution in [2.45, 2.75) is 25.1 Å². The number of hydrogen-bond acceptors (Lipinski definition) is 2. The predicted octanol–water partition coefficient (Wildman–Crippen LogP) is 2.74. The van der Waals surface area contributed by atoms with E-state index in [4.69, 9.17) is 0 Å². The lowest BCUT2D eigenvalue weighted by atomic mass is 9.89. The number of hydrogen-bond donors (Lipinski definition) is 2. The summed E-state index contributed by atoms with van der Waals surface area (Å²) in [5.41, 5.74) is -0.360. The molecular weight excluding hydrogens is 243 g/mol. The Morgan fingerprint density at radius 1 is 1.33 bits per heavy atom. The number of nitrogens with one attached hydrogen (secondary N) is 1. The molecule has 0 aromatic heterocycles. The fourth-order valence-electron chi connectivity index (χ4n) is 2.32. The van der Waals surface area contributed by atoms with Gasteiger partial charge in [-0.05, 0) is 37.1 Å². The van der Waals surface area contributed by atoms with Crippen LogP contribution in [-0.4, -0.2) is 18.2 Å². The van der Waals surface area contributed by atoms with Crippen molar-refractivity contribution in [2.75, 3.05) is 13.1 Å². The van der Waals surface area contributed by atoms with Gasteiger partial charge in [0.2, 0.25) is 0 Å². The lowest BCUT2D eigenvalue weighted by molar-refractivity contribution is -0.137. The largest absolute Gasteiger partial charge is 0.416 e. The Balaban J connectivity index is 2.17. The third kappa shape index (κ3) is 3.03. The standard InChI is InChI=1S/C13H16F3NO/c14-13(15,16)11-5-1-3-9(7-11)12(18)10-4-2-6-17-8-10/h1,3,5,7,10,12,17-18H,2,4,6,8H2/t10-,12+/m0/s1. The molecule has 2 nitrogen and oxygen atoms in total. The molecule has 0 amide bonds. The number of aliphatic hydroxyl groups excluding tert-OH is 1. The molecule has 0 aliphatic carbocycles. The molecule has 1 aromatic rings. The molecule has 1 saturated heterocycles. The highest BCUT2D eigenvalue weighted by molar-refractivity contribution is 5.27. The van der Waals surface area contributed by atoms with Gasteiger partial charge < -0.3 is 10.4 Å². The number of rotatable bonds is 2. The van der Waals surface area contributed by atoms with Crippen LogP contribution in [0.15, 0.2) is 24.3 Å². The van der Waals surface area contributed by atoms with E-state index in [1.54, 1.807) is 6.07 Å². The fraction of sp³-hybridized carbons (Fsp3) is 0.538. The van der Waals surface area contributed by atoms with Gasteiger partial charge in [0.1, 0.15) is 0 Å². The van der Waals surface area contributed by atoms with Crippen molar-refractivity contribution < 1.29 is 18.3 Å². The Morgan fingerprint density at radius 2 is 2.11 bits per heavy atom. The van der Waals surface area contributed by atoms with Crippen LogP contribution in [0.25, 0.3) is 0 Å². The molecule has 0 bridgehead atoms. The van der Waals surface area contributed by atoms with E-state index in [1.165, 1.54) is 6.07 Å². The summed E-state index contributed by atoms with van der Waals surface area (Å²) >= 11 is 0. The second-order valence-electron chi connectivity index (χ2n) is 4.67. The van der Waals surface area contributed by atoms with E-state index in [9.17, 15) is 18.3 Å². The third-order valence-corrected chi connectivity index (χ3v) is 3.34. The van der Waals surface area contributed by atoms with Gasteiger partial charge in [-0.3, -0.25) is 0 Å². The second kappa shape index (κ2) is 5.28. The average Bonchev–Trinajstić information content (AvgIpc) is 2.38. The molecule has 0 spiro atoms. The van der Waals surface area contributed by atoms with Crippen molar-refractivity contribution in [2.24, 2.45) is 5.92 Å². The van der Waals surface area contributed by atoms with Crippen molar-refractivity contribution in [3.8, 4) is 0 Å². The van der Waals surface area contributed by atoms with Gasteiger partial charge in [0.05, 0.1) is 11.7 Å².